The Morgan fingerprint density at radius 3 is 2.41 bits per heavy atom. The van der Waals surface area contributed by atoms with Gasteiger partial charge in [0.25, 0.3) is 11.8 Å². The minimum absolute atomic E-state index is 0.00812. The number of carbonyl (C=O) groups excluding carboxylic acids is 3. The molecule has 0 spiro atoms. The highest BCUT2D eigenvalue weighted by Gasteiger charge is 2.39. The lowest BCUT2D eigenvalue weighted by atomic mass is 10.1. The summed E-state index contributed by atoms with van der Waals surface area (Å²) in [6.45, 7) is 1.85. The van der Waals surface area contributed by atoms with Crippen molar-refractivity contribution in [1.29, 1.82) is 0 Å². The number of hydrogen-bond donors (Lipinski definition) is 0. The second-order valence-corrected chi connectivity index (χ2v) is 8.60. The molecule has 9 heteroatoms. The topological polar surface area (TPSA) is 101 Å². The molecule has 0 aliphatic carbocycles. The monoisotopic (exact) mass is 394 g/mol. The average molecular weight is 394 g/mol. The van der Waals surface area contributed by atoms with E-state index in [0.717, 1.165) is 4.90 Å². The summed E-state index contributed by atoms with van der Waals surface area (Å²) < 4.78 is 30.9. The van der Waals surface area contributed by atoms with Gasteiger partial charge in [0.15, 0.2) is 0 Å². The molecule has 0 aromatic heterocycles. The second-order valence-electron chi connectivity index (χ2n) is 6.56. The van der Waals surface area contributed by atoms with Crippen LogP contribution in [-0.4, -0.2) is 66.9 Å². The Kier molecular flexibility index (Phi) is 5.61. The molecule has 2 aliphatic heterocycles. The highest BCUT2D eigenvalue weighted by molar-refractivity contribution is 7.89. The van der Waals surface area contributed by atoms with Gasteiger partial charge in [-0.05, 0) is 31.4 Å². The van der Waals surface area contributed by atoms with E-state index >= 15 is 0 Å². The summed E-state index contributed by atoms with van der Waals surface area (Å²) in [5.41, 5.74) is 0.669. The molecule has 0 bridgehead atoms. The third kappa shape index (κ3) is 3.74. The van der Waals surface area contributed by atoms with Gasteiger partial charge in [0.1, 0.15) is 12.6 Å². The van der Waals surface area contributed by atoms with E-state index in [-0.39, 0.29) is 18.9 Å². The number of benzene rings is 1. The van der Waals surface area contributed by atoms with Crippen LogP contribution >= 0.6 is 0 Å². The molecule has 0 saturated carbocycles. The molecule has 0 radical (unpaired) electrons. The van der Waals surface area contributed by atoms with Gasteiger partial charge in [0, 0.05) is 6.54 Å². The van der Waals surface area contributed by atoms with Crippen molar-refractivity contribution in [2.75, 3.05) is 25.4 Å². The van der Waals surface area contributed by atoms with Crippen LogP contribution in [-0.2, 0) is 19.6 Å². The van der Waals surface area contributed by atoms with Gasteiger partial charge in [-0.3, -0.25) is 19.3 Å². The van der Waals surface area contributed by atoms with E-state index < -0.39 is 33.8 Å². The Balaban J connectivity index is 1.57. The first-order valence-electron chi connectivity index (χ1n) is 8.98. The summed E-state index contributed by atoms with van der Waals surface area (Å²) in [4.78, 5) is 37.9. The minimum Gasteiger partial charge on any atom is -0.463 e. The van der Waals surface area contributed by atoms with Crippen molar-refractivity contribution in [2.24, 2.45) is 0 Å². The number of hydrogen-bond acceptors (Lipinski definition) is 6. The second kappa shape index (κ2) is 7.77. The number of fused-ring (bicyclic) bond motifs is 1. The molecule has 2 heterocycles. The molecule has 146 valence electrons. The zero-order valence-corrected chi connectivity index (χ0v) is 15.9. The predicted octanol–water partition coefficient (Wildman–Crippen LogP) is 1.03. The van der Waals surface area contributed by atoms with E-state index in [0.29, 0.717) is 36.9 Å². The number of sulfonamides is 1. The number of rotatable bonds is 7. The number of ether oxygens (including phenoxy) is 1. The van der Waals surface area contributed by atoms with E-state index in [9.17, 15) is 22.8 Å². The van der Waals surface area contributed by atoms with Crippen molar-refractivity contribution in [3.63, 3.8) is 0 Å². The standard InChI is InChI=1S/C18H22N2O6S/c1-2-12-27(24,25)20-9-5-8-15(20)18(23)26-11-10-19-16(21)13-6-3-4-7-14(13)17(19)22/h3-4,6-7,15H,2,5,8-12H2,1H3/t15-/m0/s1. The summed E-state index contributed by atoms with van der Waals surface area (Å²) >= 11 is 0. The van der Waals surface area contributed by atoms with Crippen LogP contribution in [0.2, 0.25) is 0 Å². The third-order valence-corrected chi connectivity index (χ3v) is 6.81. The van der Waals surface area contributed by atoms with Gasteiger partial charge < -0.3 is 4.74 Å². The lowest BCUT2D eigenvalue weighted by Gasteiger charge is -2.23. The molecule has 1 saturated heterocycles. The molecule has 1 aromatic carbocycles. The smallest absolute Gasteiger partial charge is 0.324 e. The van der Waals surface area contributed by atoms with Crippen LogP contribution in [0.3, 0.4) is 0 Å². The van der Waals surface area contributed by atoms with Crippen LogP contribution in [0.1, 0.15) is 46.9 Å². The Hall–Kier alpha value is -2.26. The zero-order valence-electron chi connectivity index (χ0n) is 15.1. The first-order valence-corrected chi connectivity index (χ1v) is 10.6. The van der Waals surface area contributed by atoms with E-state index in [4.69, 9.17) is 4.74 Å². The molecule has 1 aromatic rings. The molecule has 27 heavy (non-hydrogen) atoms. The maximum Gasteiger partial charge on any atom is 0.324 e. The fraction of sp³-hybridized carbons (Fsp3) is 0.500. The maximum atomic E-state index is 12.3. The number of esters is 1. The van der Waals surface area contributed by atoms with Gasteiger partial charge >= 0.3 is 5.97 Å². The maximum absolute atomic E-state index is 12.3. The predicted molar refractivity (Wildman–Crippen MR) is 96.6 cm³/mol. The number of amides is 2. The summed E-state index contributed by atoms with van der Waals surface area (Å²) in [5, 5.41) is 0. The number of imide groups is 1. The van der Waals surface area contributed by atoms with Crippen molar-refractivity contribution in [2.45, 2.75) is 32.2 Å². The van der Waals surface area contributed by atoms with Crippen molar-refractivity contribution in [3.05, 3.63) is 35.4 Å². The van der Waals surface area contributed by atoms with Crippen molar-refractivity contribution < 1.29 is 27.5 Å². The molecule has 3 rings (SSSR count). The summed E-state index contributed by atoms with van der Waals surface area (Å²) in [6, 6.07) is 5.69. The van der Waals surface area contributed by atoms with Crippen LogP contribution in [0.15, 0.2) is 24.3 Å². The first kappa shape index (κ1) is 19.5. The molecule has 2 amide bonds. The summed E-state index contributed by atoms with van der Waals surface area (Å²) in [7, 11) is -3.48. The Morgan fingerprint density at radius 1 is 1.19 bits per heavy atom. The van der Waals surface area contributed by atoms with Crippen molar-refractivity contribution in [3.8, 4) is 0 Å². The fourth-order valence-corrected chi connectivity index (χ4v) is 5.20. The normalized spacial score (nSPS) is 20.2. The van der Waals surface area contributed by atoms with Gasteiger partial charge in [-0.2, -0.15) is 4.31 Å². The lowest BCUT2D eigenvalue weighted by Crippen LogP contribution is -2.43. The Morgan fingerprint density at radius 2 is 1.81 bits per heavy atom. The van der Waals surface area contributed by atoms with Gasteiger partial charge in [-0.15, -0.1) is 0 Å². The van der Waals surface area contributed by atoms with E-state index in [1.165, 1.54) is 4.31 Å². The molecular weight excluding hydrogens is 372 g/mol. The molecule has 2 aliphatic rings. The Bertz CT molecular complexity index is 831. The zero-order chi connectivity index (χ0) is 19.6. The quantitative estimate of drug-likeness (QED) is 0.506. The molecule has 1 fully saturated rings. The number of nitrogens with zero attached hydrogens (tertiary/aromatic N) is 2. The van der Waals surface area contributed by atoms with Gasteiger partial charge in [-0.25, -0.2) is 8.42 Å². The van der Waals surface area contributed by atoms with E-state index in [1.54, 1.807) is 31.2 Å². The molecule has 0 unspecified atom stereocenters. The van der Waals surface area contributed by atoms with E-state index in [2.05, 4.69) is 0 Å². The van der Waals surface area contributed by atoms with Crippen LogP contribution in [0.4, 0.5) is 0 Å². The molecule has 8 nitrogen and oxygen atoms in total. The van der Waals surface area contributed by atoms with Crippen LogP contribution < -0.4 is 0 Å². The third-order valence-electron chi connectivity index (χ3n) is 4.73. The lowest BCUT2D eigenvalue weighted by molar-refractivity contribution is -0.147. The SMILES string of the molecule is CCCS(=O)(=O)N1CCC[C@H]1C(=O)OCCN1C(=O)c2ccccc2C1=O. The van der Waals surface area contributed by atoms with Crippen molar-refractivity contribution in [1.82, 2.24) is 9.21 Å². The molecule has 1 atom stereocenters. The molecular formula is C18H22N2O6S. The largest absolute Gasteiger partial charge is 0.463 e. The first-order chi connectivity index (χ1) is 12.9. The average Bonchev–Trinajstić information content (AvgIpc) is 3.22. The fourth-order valence-electron chi connectivity index (χ4n) is 3.46. The summed E-state index contributed by atoms with van der Waals surface area (Å²) in [6.07, 6.45) is 1.48. The van der Waals surface area contributed by atoms with E-state index in [1.807, 2.05) is 0 Å². The van der Waals surface area contributed by atoms with Crippen molar-refractivity contribution >= 4 is 27.8 Å². The van der Waals surface area contributed by atoms with Crippen LogP contribution in [0.25, 0.3) is 0 Å². The van der Waals surface area contributed by atoms with Gasteiger partial charge in [0.05, 0.1) is 23.4 Å². The highest BCUT2D eigenvalue weighted by Crippen LogP contribution is 2.24. The Labute approximate surface area is 158 Å². The van der Waals surface area contributed by atoms with Crippen LogP contribution in [0, 0.1) is 0 Å². The highest BCUT2D eigenvalue weighted by atomic mass is 32.2. The summed E-state index contributed by atoms with van der Waals surface area (Å²) in [5.74, 6) is -1.48. The van der Waals surface area contributed by atoms with Gasteiger partial charge in [-0.1, -0.05) is 19.1 Å². The van der Waals surface area contributed by atoms with Crippen LogP contribution in [0.5, 0.6) is 0 Å². The van der Waals surface area contributed by atoms with Gasteiger partial charge in [0.2, 0.25) is 10.0 Å². The number of carbonyl (C=O) groups is 3. The minimum atomic E-state index is -3.48. The molecule has 0 N–H and O–H groups in total.